The summed E-state index contributed by atoms with van der Waals surface area (Å²) in [4.78, 5) is 12.9. The lowest BCUT2D eigenvalue weighted by molar-refractivity contribution is -0.120. The van der Waals surface area contributed by atoms with Crippen LogP contribution < -0.4 is 9.64 Å². The lowest BCUT2D eigenvalue weighted by Gasteiger charge is -2.33. The Bertz CT molecular complexity index is 483. The van der Waals surface area contributed by atoms with Crippen molar-refractivity contribution in [2.75, 3.05) is 12.0 Å². The van der Waals surface area contributed by atoms with E-state index < -0.39 is 0 Å². The molecule has 1 saturated heterocycles. The second kappa shape index (κ2) is 4.07. The molecule has 0 bridgehead atoms. The summed E-state index contributed by atoms with van der Waals surface area (Å²) in [5.41, 5.74) is 1.50. The summed E-state index contributed by atoms with van der Waals surface area (Å²) < 4.78 is 5.03. The minimum atomic E-state index is 0.00617. The first-order valence-corrected chi connectivity index (χ1v) is 4.82. The number of β-lactam (4-membered cyclic amide) rings is 1. The van der Waals surface area contributed by atoms with Gasteiger partial charge in [-0.25, -0.2) is 0 Å². The van der Waals surface area contributed by atoms with Crippen molar-refractivity contribution in [3.63, 3.8) is 0 Å². The maximum Gasteiger partial charge on any atom is 0.237 e. The van der Waals surface area contributed by atoms with Crippen molar-refractivity contribution in [1.82, 2.24) is 0 Å². The predicted octanol–water partition coefficient (Wildman–Crippen LogP) is 1.84. The van der Waals surface area contributed by atoms with E-state index in [1.54, 1.807) is 31.4 Å². The summed E-state index contributed by atoms with van der Waals surface area (Å²) in [5, 5.41) is 8.55. The van der Waals surface area contributed by atoms with Crippen LogP contribution in [0.2, 0.25) is 0 Å². The molecule has 1 aromatic rings. The first kappa shape index (κ1) is 10.2. The van der Waals surface area contributed by atoms with Crippen molar-refractivity contribution in [3.8, 4) is 11.8 Å². The molecule has 0 radical (unpaired) electrons. The van der Waals surface area contributed by atoms with E-state index in [1.807, 2.05) is 6.07 Å². The Morgan fingerprint density at radius 1 is 1.44 bits per heavy atom. The maximum atomic E-state index is 11.4. The molecule has 0 saturated carbocycles. The largest absolute Gasteiger partial charge is 0.497 e. The number of nitrogens with zero attached hydrogens (tertiary/aromatic N) is 2. The molecular formula is C12H10N2O2. The molecule has 0 atom stereocenters. The molecule has 0 spiro atoms. The number of benzene rings is 1. The van der Waals surface area contributed by atoms with Gasteiger partial charge in [-0.2, -0.15) is 5.26 Å². The number of hydrogen-bond donors (Lipinski definition) is 0. The third kappa shape index (κ3) is 1.63. The van der Waals surface area contributed by atoms with Crippen LogP contribution in [-0.4, -0.2) is 13.0 Å². The normalized spacial score (nSPS) is 16.9. The number of anilines is 1. The summed E-state index contributed by atoms with van der Waals surface area (Å²) in [5.74, 6) is 0.745. The molecule has 16 heavy (non-hydrogen) atoms. The van der Waals surface area contributed by atoms with Crippen LogP contribution in [0.15, 0.2) is 36.0 Å². The van der Waals surface area contributed by atoms with Gasteiger partial charge in [-0.15, -0.1) is 0 Å². The summed E-state index contributed by atoms with van der Waals surface area (Å²) in [6.07, 6.45) is 1.73. The van der Waals surface area contributed by atoms with Gasteiger partial charge in [0.15, 0.2) is 0 Å². The molecule has 0 unspecified atom stereocenters. The van der Waals surface area contributed by atoms with E-state index in [2.05, 4.69) is 0 Å². The molecule has 1 heterocycles. The van der Waals surface area contributed by atoms with Crippen LogP contribution in [0.3, 0.4) is 0 Å². The minimum Gasteiger partial charge on any atom is -0.497 e. The van der Waals surface area contributed by atoms with Crippen molar-refractivity contribution >= 4 is 11.6 Å². The van der Waals surface area contributed by atoms with Crippen molar-refractivity contribution < 1.29 is 9.53 Å². The number of amides is 1. The molecule has 4 heteroatoms. The zero-order valence-corrected chi connectivity index (χ0v) is 8.80. The highest BCUT2D eigenvalue weighted by Gasteiger charge is 2.31. The second-order valence-electron chi connectivity index (χ2n) is 3.37. The van der Waals surface area contributed by atoms with Gasteiger partial charge in [0.1, 0.15) is 5.75 Å². The first-order chi connectivity index (χ1) is 7.76. The number of ether oxygens (including phenoxy) is 1. The average Bonchev–Trinajstić information content (AvgIpc) is 2.29. The maximum absolute atomic E-state index is 11.4. The number of carbonyl (C=O) groups excluding carboxylic acids is 1. The second-order valence-corrected chi connectivity index (χ2v) is 3.37. The molecule has 0 N–H and O–H groups in total. The van der Waals surface area contributed by atoms with E-state index in [1.165, 1.54) is 11.0 Å². The third-order valence-electron chi connectivity index (χ3n) is 2.43. The molecule has 1 aliphatic rings. The Morgan fingerprint density at radius 3 is 2.62 bits per heavy atom. The van der Waals surface area contributed by atoms with Gasteiger partial charge in [0.2, 0.25) is 5.91 Å². The highest BCUT2D eigenvalue weighted by molar-refractivity contribution is 6.05. The molecule has 1 aliphatic heterocycles. The molecular weight excluding hydrogens is 204 g/mol. The Balaban J connectivity index is 2.27. The number of nitriles is 1. The number of carbonyl (C=O) groups is 1. The van der Waals surface area contributed by atoms with Gasteiger partial charge in [0.05, 0.1) is 19.6 Å². The lowest BCUT2D eigenvalue weighted by Crippen LogP contribution is -2.41. The predicted molar refractivity (Wildman–Crippen MR) is 58.8 cm³/mol. The highest BCUT2D eigenvalue weighted by atomic mass is 16.5. The topological polar surface area (TPSA) is 53.3 Å². The summed E-state index contributed by atoms with van der Waals surface area (Å²) in [7, 11) is 1.59. The minimum absolute atomic E-state index is 0.00617. The van der Waals surface area contributed by atoms with Gasteiger partial charge >= 0.3 is 0 Å². The van der Waals surface area contributed by atoms with E-state index >= 15 is 0 Å². The van der Waals surface area contributed by atoms with Crippen LogP contribution in [0, 0.1) is 11.3 Å². The van der Waals surface area contributed by atoms with Crippen molar-refractivity contribution in [3.05, 3.63) is 36.0 Å². The van der Waals surface area contributed by atoms with Crippen molar-refractivity contribution in [1.29, 1.82) is 5.26 Å². The highest BCUT2D eigenvalue weighted by Crippen LogP contribution is 2.31. The van der Waals surface area contributed by atoms with Crippen LogP contribution in [0.25, 0.3) is 0 Å². The van der Waals surface area contributed by atoms with Gasteiger partial charge in [-0.05, 0) is 24.3 Å². The average molecular weight is 214 g/mol. The quantitative estimate of drug-likeness (QED) is 0.557. The van der Waals surface area contributed by atoms with Gasteiger partial charge in [0.25, 0.3) is 0 Å². The first-order valence-electron chi connectivity index (χ1n) is 4.82. The number of allylic oxidation sites excluding steroid dienone is 1. The number of methoxy groups -OCH3 is 1. The molecule has 4 nitrogen and oxygen atoms in total. The zero-order valence-electron chi connectivity index (χ0n) is 8.80. The Morgan fingerprint density at radius 2 is 2.12 bits per heavy atom. The molecule has 0 aliphatic carbocycles. The van der Waals surface area contributed by atoms with E-state index in [0.717, 1.165) is 17.1 Å². The van der Waals surface area contributed by atoms with Crippen LogP contribution in [0.1, 0.15) is 6.42 Å². The van der Waals surface area contributed by atoms with Crippen molar-refractivity contribution in [2.24, 2.45) is 0 Å². The van der Waals surface area contributed by atoms with Crippen molar-refractivity contribution in [2.45, 2.75) is 6.42 Å². The molecule has 1 aromatic carbocycles. The fourth-order valence-corrected chi connectivity index (χ4v) is 1.61. The number of rotatable bonds is 2. The molecule has 0 aromatic heterocycles. The van der Waals surface area contributed by atoms with Gasteiger partial charge in [-0.3, -0.25) is 9.69 Å². The Kier molecular flexibility index (Phi) is 2.61. The zero-order chi connectivity index (χ0) is 11.5. The number of hydrogen-bond acceptors (Lipinski definition) is 3. The molecule has 80 valence electrons. The van der Waals surface area contributed by atoms with E-state index in [9.17, 15) is 4.79 Å². The van der Waals surface area contributed by atoms with Gasteiger partial charge < -0.3 is 4.74 Å². The summed E-state index contributed by atoms with van der Waals surface area (Å²) >= 11 is 0. The van der Waals surface area contributed by atoms with Gasteiger partial charge in [0, 0.05) is 17.5 Å². The van der Waals surface area contributed by atoms with Gasteiger partial charge in [-0.1, -0.05) is 0 Å². The standard InChI is InChI=1S/C12H10N2O2/c1-16-11-4-2-9(3-5-11)14-10(6-7-13)8-12(14)15/h2-6H,8H2,1H3/b10-6+. The van der Waals surface area contributed by atoms with E-state index in [-0.39, 0.29) is 5.91 Å². The van der Waals surface area contributed by atoms with E-state index in [0.29, 0.717) is 6.42 Å². The molecule has 2 rings (SSSR count). The van der Waals surface area contributed by atoms with Crippen LogP contribution in [-0.2, 0) is 4.79 Å². The molecule has 1 amide bonds. The third-order valence-corrected chi connectivity index (χ3v) is 2.43. The Labute approximate surface area is 93.4 Å². The summed E-state index contributed by atoms with van der Waals surface area (Å²) in [6.45, 7) is 0. The fraction of sp³-hybridized carbons (Fsp3) is 0.167. The van der Waals surface area contributed by atoms with Crippen LogP contribution >= 0.6 is 0 Å². The van der Waals surface area contributed by atoms with Crippen LogP contribution in [0.4, 0.5) is 5.69 Å². The van der Waals surface area contributed by atoms with E-state index in [4.69, 9.17) is 10.00 Å². The fourth-order valence-electron chi connectivity index (χ4n) is 1.61. The smallest absolute Gasteiger partial charge is 0.237 e. The SMILES string of the molecule is COc1ccc(N2C(=O)C/C2=C\C#N)cc1. The lowest BCUT2D eigenvalue weighted by atomic mass is 10.1. The summed E-state index contributed by atoms with van der Waals surface area (Å²) in [6, 6.07) is 9.08. The monoisotopic (exact) mass is 214 g/mol. The van der Waals surface area contributed by atoms with Crippen LogP contribution in [0.5, 0.6) is 5.75 Å². The Hall–Kier alpha value is -2.28. The molecule has 1 fully saturated rings.